The predicted molar refractivity (Wildman–Crippen MR) is 141 cm³/mol. The first-order valence-electron chi connectivity index (χ1n) is 12.1. The zero-order valence-corrected chi connectivity index (χ0v) is 24.3. The molecule has 5 rings (SSSR count). The van der Waals surface area contributed by atoms with Crippen molar-refractivity contribution >= 4 is 24.6 Å². The van der Waals surface area contributed by atoms with E-state index in [-0.39, 0.29) is 44.0 Å². The van der Waals surface area contributed by atoms with E-state index in [0.29, 0.717) is 4.22 Å². The molecule has 0 fully saturated rings. The maximum Gasteiger partial charge on any atom is -1.00 e. The van der Waals surface area contributed by atoms with Gasteiger partial charge >= 0.3 is 210 Å². The molecule has 0 spiro atoms. The summed E-state index contributed by atoms with van der Waals surface area (Å²) in [5, 5.41) is 4.60. The van der Waals surface area contributed by atoms with Crippen molar-refractivity contribution in [1.82, 2.24) is 0 Å². The summed E-state index contributed by atoms with van der Waals surface area (Å²) >= 11 is -0.314. The first-order valence-corrected chi connectivity index (χ1v) is 15.1. The number of halogens is 2. The van der Waals surface area contributed by atoms with Crippen LogP contribution in [-0.2, 0) is 19.2 Å². The summed E-state index contributed by atoms with van der Waals surface area (Å²) in [7, 11) is -0.541. The SMILES string of the molecule is CCCCC1=[C]([Ti+2][CH]2C(P(c3ccccc3)c3ccccc3)=Cc3ccccc32)CC=C1C.[Cl-].[Cl-]. The molecule has 1 unspecified atom stereocenters. The molecule has 0 N–H and O–H groups in total. The van der Waals surface area contributed by atoms with E-state index < -0.39 is 7.92 Å². The van der Waals surface area contributed by atoms with Gasteiger partial charge in [-0.1, -0.05) is 0 Å². The molecule has 0 amide bonds. The molecule has 2 aliphatic rings. The van der Waals surface area contributed by atoms with Crippen molar-refractivity contribution in [2.75, 3.05) is 0 Å². The first-order chi connectivity index (χ1) is 16.3. The molecule has 0 saturated carbocycles. The second-order valence-electron chi connectivity index (χ2n) is 8.93. The standard InChI is InChI=1S/C21H16P.C10H15.2ClH.Ti/c1-3-11-19(12-4-1)22(20-13-5-2-6-14-20)21-15-17-9-7-8-10-18(17)16-21;1-3-4-7-10-8-5-6-9(10)2;;;/h1-16H;6H,3-5,7H2,1-2H3;2*1H;/q;;;;+2/p-2. The Bertz CT molecular complexity index is 1180. The van der Waals surface area contributed by atoms with Crippen LogP contribution in [0.2, 0.25) is 0 Å². The van der Waals surface area contributed by atoms with Crippen molar-refractivity contribution in [3.63, 3.8) is 0 Å². The van der Waals surface area contributed by atoms with Gasteiger partial charge in [-0.05, 0) is 0 Å². The molecule has 3 aromatic carbocycles. The third-order valence-corrected chi connectivity index (χ3v) is 12.4. The van der Waals surface area contributed by atoms with Crippen LogP contribution in [0.25, 0.3) is 6.08 Å². The molecule has 0 nitrogen and oxygen atoms in total. The van der Waals surface area contributed by atoms with E-state index in [0.717, 1.165) is 0 Å². The Morgan fingerprint density at radius 2 is 1.43 bits per heavy atom. The summed E-state index contributed by atoms with van der Waals surface area (Å²) in [6.07, 6.45) is 10.1. The van der Waals surface area contributed by atoms with Gasteiger partial charge in [0, 0.05) is 0 Å². The molecule has 0 aromatic heterocycles. The number of fused-ring (bicyclic) bond motifs is 1. The van der Waals surface area contributed by atoms with Crippen LogP contribution in [0.1, 0.15) is 54.9 Å². The summed E-state index contributed by atoms with van der Waals surface area (Å²) in [6.45, 7) is 4.65. The van der Waals surface area contributed by atoms with Crippen LogP contribution in [0.5, 0.6) is 0 Å². The first kappa shape index (κ1) is 28.2. The minimum Gasteiger partial charge on any atom is -1.00 e. The van der Waals surface area contributed by atoms with Crippen molar-refractivity contribution in [2.24, 2.45) is 0 Å². The van der Waals surface area contributed by atoms with Gasteiger partial charge in [0.15, 0.2) is 0 Å². The maximum atomic E-state index is 2.55. The van der Waals surface area contributed by atoms with Crippen LogP contribution in [0.4, 0.5) is 0 Å². The molecule has 0 aliphatic heterocycles. The number of rotatable bonds is 8. The number of hydrogen-bond acceptors (Lipinski definition) is 0. The third kappa shape index (κ3) is 6.13. The Morgan fingerprint density at radius 3 is 2.06 bits per heavy atom. The van der Waals surface area contributed by atoms with Crippen molar-refractivity contribution in [2.45, 2.75) is 43.8 Å². The van der Waals surface area contributed by atoms with Crippen molar-refractivity contribution in [3.8, 4) is 0 Å². The average molecular weight is 553 g/mol. The number of allylic oxidation sites excluding steroid dienone is 5. The molecule has 4 heteroatoms. The largest absolute Gasteiger partial charge is 1.00 e. The van der Waals surface area contributed by atoms with E-state index in [1.165, 1.54) is 41.9 Å². The molecule has 3 aromatic rings. The van der Waals surface area contributed by atoms with Crippen LogP contribution in [-0.4, -0.2) is 0 Å². The minimum absolute atomic E-state index is 0. The molecule has 2 aliphatic carbocycles. The Balaban J connectivity index is 0.00000171. The molecule has 0 saturated heterocycles. The fourth-order valence-electron chi connectivity index (χ4n) is 5.02. The van der Waals surface area contributed by atoms with Gasteiger partial charge in [0.25, 0.3) is 0 Å². The summed E-state index contributed by atoms with van der Waals surface area (Å²) in [4.78, 5) is 0. The molecular formula is C31H31Cl2PTi. The fraction of sp³-hybridized carbons (Fsp3) is 0.226. The quantitative estimate of drug-likeness (QED) is 0.296. The van der Waals surface area contributed by atoms with Crippen LogP contribution >= 0.6 is 7.92 Å². The van der Waals surface area contributed by atoms with Crippen molar-refractivity contribution in [3.05, 3.63) is 122 Å². The van der Waals surface area contributed by atoms with E-state index in [1.54, 1.807) is 25.9 Å². The van der Waals surface area contributed by atoms with Gasteiger partial charge in [-0.15, -0.1) is 0 Å². The van der Waals surface area contributed by atoms with Crippen LogP contribution in [0.15, 0.2) is 111 Å². The van der Waals surface area contributed by atoms with Crippen molar-refractivity contribution in [1.29, 1.82) is 0 Å². The number of unbranched alkanes of at least 4 members (excludes halogenated alkanes) is 1. The molecule has 0 heterocycles. The zero-order valence-electron chi connectivity index (χ0n) is 20.3. The van der Waals surface area contributed by atoms with Crippen LogP contribution in [0.3, 0.4) is 0 Å². The van der Waals surface area contributed by atoms with E-state index in [4.69, 9.17) is 0 Å². The third-order valence-electron chi connectivity index (χ3n) is 6.74. The van der Waals surface area contributed by atoms with Gasteiger partial charge in [0.05, 0.1) is 0 Å². The summed E-state index contributed by atoms with van der Waals surface area (Å²) < 4.78 is 2.38. The normalized spacial score (nSPS) is 16.1. The summed E-state index contributed by atoms with van der Waals surface area (Å²) in [5.41, 5.74) is 6.26. The van der Waals surface area contributed by atoms with Gasteiger partial charge in [-0.2, -0.15) is 0 Å². The van der Waals surface area contributed by atoms with Crippen molar-refractivity contribution < 1.29 is 44.0 Å². The van der Waals surface area contributed by atoms with Crippen LogP contribution < -0.4 is 35.4 Å². The predicted octanol–water partition coefficient (Wildman–Crippen LogP) is 2.10. The maximum absolute atomic E-state index is 2.55. The Kier molecular flexibility index (Phi) is 10.7. The molecular weight excluding hydrogens is 522 g/mol. The average Bonchev–Trinajstić information content (AvgIpc) is 3.39. The molecule has 0 radical (unpaired) electrons. The van der Waals surface area contributed by atoms with Crippen LogP contribution in [0, 0.1) is 0 Å². The topological polar surface area (TPSA) is 0 Å². The number of benzene rings is 3. The Morgan fingerprint density at radius 1 is 0.829 bits per heavy atom. The summed E-state index contributed by atoms with van der Waals surface area (Å²) in [5.74, 6) is 0. The molecule has 1 atom stereocenters. The monoisotopic (exact) mass is 552 g/mol. The smallest absolute Gasteiger partial charge is 1.00 e. The van der Waals surface area contributed by atoms with E-state index in [2.05, 4.69) is 111 Å². The Hall–Kier alpha value is -1.40. The summed E-state index contributed by atoms with van der Waals surface area (Å²) in [6, 6.07) is 31.6. The fourth-order valence-corrected chi connectivity index (χ4v) is 11.1. The molecule has 0 bridgehead atoms. The zero-order chi connectivity index (χ0) is 22.6. The van der Waals surface area contributed by atoms with E-state index in [1.807, 2.05) is 0 Å². The molecule has 35 heavy (non-hydrogen) atoms. The number of hydrogen-bond donors (Lipinski definition) is 0. The van der Waals surface area contributed by atoms with Gasteiger partial charge in [-0.25, -0.2) is 0 Å². The minimum atomic E-state index is -0.541. The van der Waals surface area contributed by atoms with Gasteiger partial charge in [-0.3, -0.25) is 0 Å². The second-order valence-corrected chi connectivity index (χ2v) is 13.4. The van der Waals surface area contributed by atoms with Gasteiger partial charge < -0.3 is 24.8 Å². The van der Waals surface area contributed by atoms with Gasteiger partial charge in [0.2, 0.25) is 0 Å². The Labute approximate surface area is 233 Å². The van der Waals surface area contributed by atoms with E-state index in [9.17, 15) is 0 Å². The van der Waals surface area contributed by atoms with E-state index >= 15 is 0 Å². The van der Waals surface area contributed by atoms with Gasteiger partial charge in [0.1, 0.15) is 0 Å². The second kappa shape index (κ2) is 13.2. The molecule has 178 valence electrons.